The fourth-order valence-corrected chi connectivity index (χ4v) is 1.47. The molecule has 96 valence electrons. The molecule has 0 unspecified atom stereocenters. The minimum absolute atomic E-state index is 0.908. The molecular formula is C15H24O2. The van der Waals surface area contributed by atoms with Crippen molar-refractivity contribution in [1.29, 1.82) is 0 Å². The van der Waals surface area contributed by atoms with Crippen LogP contribution in [0.3, 0.4) is 0 Å². The second kappa shape index (κ2) is 11.2. The van der Waals surface area contributed by atoms with E-state index in [0.29, 0.717) is 0 Å². The van der Waals surface area contributed by atoms with Gasteiger partial charge in [0.1, 0.15) is 0 Å². The van der Waals surface area contributed by atoms with Crippen molar-refractivity contribution in [2.24, 2.45) is 0 Å². The second-order valence-corrected chi connectivity index (χ2v) is 4.21. The van der Waals surface area contributed by atoms with Crippen LogP contribution < -0.4 is 0 Å². The first-order valence-electron chi connectivity index (χ1n) is 6.41. The molecule has 0 spiro atoms. The van der Waals surface area contributed by atoms with Crippen molar-refractivity contribution in [1.82, 2.24) is 0 Å². The quantitative estimate of drug-likeness (QED) is 0.364. The monoisotopic (exact) mass is 236 g/mol. The van der Waals surface area contributed by atoms with Gasteiger partial charge in [-0.1, -0.05) is 62.5 Å². The third kappa shape index (κ3) is 12.6. The van der Waals surface area contributed by atoms with Crippen LogP contribution in [0, 0.1) is 0 Å². The normalized spacial score (nSPS) is 12.7. The third-order valence-electron chi connectivity index (χ3n) is 2.45. The summed E-state index contributed by atoms with van der Waals surface area (Å²) in [6, 6.07) is 0. The summed E-state index contributed by atoms with van der Waals surface area (Å²) in [5, 5.41) is 8.41. The highest BCUT2D eigenvalue weighted by molar-refractivity contribution is 5.80. The van der Waals surface area contributed by atoms with Crippen molar-refractivity contribution < 1.29 is 9.90 Å². The molecule has 0 saturated carbocycles. The lowest BCUT2D eigenvalue weighted by atomic mass is 10.1. The smallest absolute Gasteiger partial charge is 0.328 e. The van der Waals surface area contributed by atoms with E-state index in [1.165, 1.54) is 32.1 Å². The molecule has 0 radical (unpaired) electrons. The molecule has 2 heteroatoms. The molecule has 0 saturated heterocycles. The van der Waals surface area contributed by atoms with Crippen LogP contribution in [0.25, 0.3) is 0 Å². The number of rotatable bonds is 9. The molecule has 0 amide bonds. The van der Waals surface area contributed by atoms with E-state index in [2.05, 4.69) is 13.0 Å². The van der Waals surface area contributed by atoms with Crippen LogP contribution in [0.2, 0.25) is 0 Å². The lowest BCUT2D eigenvalue weighted by Gasteiger charge is -1.96. The Morgan fingerprint density at radius 3 is 2.47 bits per heavy atom. The molecule has 0 aromatic heterocycles. The minimum atomic E-state index is -0.908. The molecule has 0 rings (SSSR count). The average molecular weight is 236 g/mol. The molecule has 2 nitrogen and oxygen atoms in total. The summed E-state index contributed by atoms with van der Waals surface area (Å²) < 4.78 is 0. The van der Waals surface area contributed by atoms with Gasteiger partial charge in [0.15, 0.2) is 0 Å². The first-order valence-corrected chi connectivity index (χ1v) is 6.41. The predicted octanol–water partition coefficient (Wildman–Crippen LogP) is 4.49. The van der Waals surface area contributed by atoms with Gasteiger partial charge in [-0.3, -0.25) is 0 Å². The lowest BCUT2D eigenvalue weighted by molar-refractivity contribution is -0.131. The summed E-state index contributed by atoms with van der Waals surface area (Å²) in [6.07, 6.45) is 16.3. The van der Waals surface area contributed by atoms with Crippen molar-refractivity contribution in [3.05, 3.63) is 36.0 Å². The van der Waals surface area contributed by atoms with Gasteiger partial charge in [-0.15, -0.1) is 0 Å². The number of aliphatic carboxylic acids is 1. The maximum Gasteiger partial charge on any atom is 0.328 e. The van der Waals surface area contributed by atoms with Gasteiger partial charge < -0.3 is 5.11 Å². The van der Waals surface area contributed by atoms with Crippen LogP contribution in [0.15, 0.2) is 36.0 Å². The number of unbranched alkanes of at least 4 members (excludes halogenated alkanes) is 5. The predicted molar refractivity (Wildman–Crippen MR) is 73.0 cm³/mol. The molecule has 0 aliphatic carbocycles. The van der Waals surface area contributed by atoms with Gasteiger partial charge in [0, 0.05) is 6.08 Å². The fraction of sp³-hybridized carbons (Fsp3) is 0.533. The van der Waals surface area contributed by atoms with Gasteiger partial charge in [0.2, 0.25) is 0 Å². The molecule has 0 aliphatic heterocycles. The number of hydrogen-bond acceptors (Lipinski definition) is 1. The Labute approximate surface area is 105 Å². The van der Waals surface area contributed by atoms with Gasteiger partial charge >= 0.3 is 5.97 Å². The van der Waals surface area contributed by atoms with E-state index in [9.17, 15) is 4.79 Å². The molecule has 0 heterocycles. The topological polar surface area (TPSA) is 37.3 Å². The molecule has 17 heavy (non-hydrogen) atoms. The highest BCUT2D eigenvalue weighted by Gasteiger charge is 1.87. The number of hydrogen-bond donors (Lipinski definition) is 1. The number of carboxylic acid groups (broad SMARTS) is 1. The Kier molecular flexibility index (Phi) is 10.3. The zero-order valence-corrected chi connectivity index (χ0v) is 11.0. The summed E-state index contributed by atoms with van der Waals surface area (Å²) >= 11 is 0. The highest BCUT2D eigenvalue weighted by atomic mass is 16.4. The number of carboxylic acids is 1. The first kappa shape index (κ1) is 15.7. The van der Waals surface area contributed by atoms with E-state index in [1.807, 2.05) is 19.1 Å². The zero-order valence-electron chi connectivity index (χ0n) is 11.0. The zero-order chi connectivity index (χ0) is 12.9. The van der Waals surface area contributed by atoms with Crippen molar-refractivity contribution >= 4 is 5.97 Å². The van der Waals surface area contributed by atoms with Gasteiger partial charge in [-0.2, -0.15) is 0 Å². The lowest BCUT2D eigenvalue weighted by Crippen LogP contribution is -1.84. The molecule has 0 atom stereocenters. The fourth-order valence-electron chi connectivity index (χ4n) is 1.47. The Balaban J connectivity index is 3.66. The van der Waals surface area contributed by atoms with Crippen LogP contribution in [-0.2, 0) is 4.79 Å². The molecule has 0 aliphatic rings. The van der Waals surface area contributed by atoms with E-state index in [-0.39, 0.29) is 0 Å². The van der Waals surface area contributed by atoms with E-state index in [4.69, 9.17) is 5.11 Å². The maximum absolute atomic E-state index is 10.2. The number of allylic oxidation sites excluding steroid dienone is 5. The summed E-state index contributed by atoms with van der Waals surface area (Å²) in [6.45, 7) is 4.19. The molecular weight excluding hydrogens is 212 g/mol. The van der Waals surface area contributed by atoms with Crippen molar-refractivity contribution in [3.63, 3.8) is 0 Å². The minimum Gasteiger partial charge on any atom is -0.478 e. The van der Waals surface area contributed by atoms with E-state index < -0.39 is 5.97 Å². The van der Waals surface area contributed by atoms with Crippen LogP contribution >= 0.6 is 0 Å². The van der Waals surface area contributed by atoms with E-state index in [1.54, 1.807) is 6.08 Å². The highest BCUT2D eigenvalue weighted by Crippen LogP contribution is 2.06. The van der Waals surface area contributed by atoms with Crippen molar-refractivity contribution in [2.45, 2.75) is 52.4 Å². The summed E-state index contributed by atoms with van der Waals surface area (Å²) in [5.74, 6) is -0.908. The number of carbonyl (C=O) groups is 1. The Hall–Kier alpha value is -1.31. The van der Waals surface area contributed by atoms with Crippen LogP contribution in [-0.4, -0.2) is 11.1 Å². The van der Waals surface area contributed by atoms with Gasteiger partial charge in [0.05, 0.1) is 0 Å². The summed E-state index contributed by atoms with van der Waals surface area (Å²) in [4.78, 5) is 10.2. The largest absolute Gasteiger partial charge is 0.478 e. The van der Waals surface area contributed by atoms with Gasteiger partial charge in [-0.05, 0) is 19.8 Å². The summed E-state index contributed by atoms with van der Waals surface area (Å²) in [5.41, 5.74) is 1.08. The van der Waals surface area contributed by atoms with Crippen molar-refractivity contribution in [2.75, 3.05) is 0 Å². The third-order valence-corrected chi connectivity index (χ3v) is 2.45. The van der Waals surface area contributed by atoms with Crippen LogP contribution in [0.5, 0.6) is 0 Å². The van der Waals surface area contributed by atoms with E-state index in [0.717, 1.165) is 18.1 Å². The molecule has 0 aromatic rings. The van der Waals surface area contributed by atoms with E-state index >= 15 is 0 Å². The van der Waals surface area contributed by atoms with Gasteiger partial charge in [0.25, 0.3) is 0 Å². The molecule has 0 fully saturated rings. The Bertz CT molecular complexity index is 285. The van der Waals surface area contributed by atoms with Gasteiger partial charge in [-0.25, -0.2) is 4.79 Å². The average Bonchev–Trinajstić information content (AvgIpc) is 2.27. The Morgan fingerprint density at radius 1 is 1.12 bits per heavy atom. The Morgan fingerprint density at radius 2 is 1.82 bits per heavy atom. The summed E-state index contributed by atoms with van der Waals surface area (Å²) in [7, 11) is 0. The standard InChI is InChI=1S/C15H24O2/c1-3-4-5-6-7-8-9-11-14(2)12-10-13-15(16)17/h9-13H,3-8H2,1-2H3,(H,16,17)/b11-9+,13-10+,14-12+. The SMILES string of the molecule is CCCCCCC/C=C/C(C)=C/C=C/C(=O)O. The van der Waals surface area contributed by atoms with Crippen LogP contribution in [0.1, 0.15) is 52.4 Å². The second-order valence-electron chi connectivity index (χ2n) is 4.21. The van der Waals surface area contributed by atoms with Crippen molar-refractivity contribution in [3.8, 4) is 0 Å². The molecule has 1 N–H and O–H groups in total. The molecule has 0 aromatic carbocycles. The first-order chi connectivity index (χ1) is 8.16. The van der Waals surface area contributed by atoms with Crippen LogP contribution in [0.4, 0.5) is 0 Å². The molecule has 0 bridgehead atoms. The maximum atomic E-state index is 10.2.